The molecule has 0 spiro atoms. The van der Waals surface area contributed by atoms with Crippen LogP contribution in [0.25, 0.3) is 16.8 Å². The number of hydrogen-bond donors (Lipinski definition) is 0. The van der Waals surface area contributed by atoms with Crippen molar-refractivity contribution >= 4 is 16.8 Å². The first-order valence-electron chi connectivity index (χ1n) is 7.66. The van der Waals surface area contributed by atoms with Crippen molar-refractivity contribution in [3.8, 4) is 11.5 Å². The molecule has 2 heteroatoms. The highest BCUT2D eigenvalue weighted by Gasteiger charge is 2.02. The molecule has 3 aromatic rings. The van der Waals surface area contributed by atoms with Crippen molar-refractivity contribution in [1.82, 2.24) is 0 Å². The molecule has 0 aliphatic rings. The SMILES string of the molecule is COc1ccc(/C=C/Cc2ccc3ccccc3c2)cc1OC. The van der Waals surface area contributed by atoms with E-state index in [1.165, 1.54) is 16.3 Å². The van der Waals surface area contributed by atoms with E-state index in [-0.39, 0.29) is 0 Å². The summed E-state index contributed by atoms with van der Waals surface area (Å²) in [5.41, 5.74) is 2.41. The van der Waals surface area contributed by atoms with E-state index in [2.05, 4.69) is 54.6 Å². The quantitative estimate of drug-likeness (QED) is 0.652. The predicted molar refractivity (Wildman–Crippen MR) is 96.2 cm³/mol. The second-order valence-corrected chi connectivity index (χ2v) is 5.40. The third-order valence-corrected chi connectivity index (χ3v) is 3.89. The van der Waals surface area contributed by atoms with E-state index in [9.17, 15) is 0 Å². The average Bonchev–Trinajstić information content (AvgIpc) is 2.61. The maximum absolute atomic E-state index is 5.33. The second-order valence-electron chi connectivity index (χ2n) is 5.40. The molecule has 23 heavy (non-hydrogen) atoms. The molecule has 0 saturated heterocycles. The Bertz CT molecular complexity index is 834. The van der Waals surface area contributed by atoms with E-state index < -0.39 is 0 Å². The molecule has 3 rings (SSSR count). The summed E-state index contributed by atoms with van der Waals surface area (Å²) in [6.07, 6.45) is 5.18. The van der Waals surface area contributed by atoms with Gasteiger partial charge in [0.2, 0.25) is 0 Å². The number of ether oxygens (including phenoxy) is 2. The van der Waals surface area contributed by atoms with Crippen molar-refractivity contribution in [2.24, 2.45) is 0 Å². The molecule has 0 saturated carbocycles. The Kier molecular flexibility index (Phi) is 4.62. The zero-order valence-electron chi connectivity index (χ0n) is 13.5. The van der Waals surface area contributed by atoms with Crippen LogP contribution in [-0.4, -0.2) is 14.2 Å². The van der Waals surface area contributed by atoms with Gasteiger partial charge in [0.15, 0.2) is 11.5 Å². The van der Waals surface area contributed by atoms with E-state index in [0.29, 0.717) is 0 Å². The first-order chi connectivity index (χ1) is 11.3. The van der Waals surface area contributed by atoms with E-state index in [1.807, 2.05) is 18.2 Å². The fourth-order valence-corrected chi connectivity index (χ4v) is 2.65. The van der Waals surface area contributed by atoms with Crippen molar-refractivity contribution in [1.29, 1.82) is 0 Å². The Morgan fingerprint density at radius 1 is 0.783 bits per heavy atom. The summed E-state index contributed by atoms with van der Waals surface area (Å²) in [6.45, 7) is 0. The van der Waals surface area contributed by atoms with Crippen molar-refractivity contribution in [2.75, 3.05) is 14.2 Å². The lowest BCUT2D eigenvalue weighted by molar-refractivity contribution is 0.355. The molecule has 0 aliphatic carbocycles. The van der Waals surface area contributed by atoms with Crippen LogP contribution in [0.3, 0.4) is 0 Å². The average molecular weight is 304 g/mol. The Labute approximate surface area is 137 Å². The van der Waals surface area contributed by atoms with Crippen LogP contribution >= 0.6 is 0 Å². The molecule has 0 N–H and O–H groups in total. The summed E-state index contributed by atoms with van der Waals surface area (Å²) in [6, 6.07) is 21.0. The lowest BCUT2D eigenvalue weighted by Crippen LogP contribution is -1.90. The van der Waals surface area contributed by atoms with E-state index >= 15 is 0 Å². The molecule has 0 atom stereocenters. The molecule has 0 amide bonds. The van der Waals surface area contributed by atoms with Gasteiger partial charge in [0.25, 0.3) is 0 Å². The van der Waals surface area contributed by atoms with E-state index in [1.54, 1.807) is 14.2 Å². The highest BCUT2D eigenvalue weighted by Crippen LogP contribution is 2.28. The summed E-state index contributed by atoms with van der Waals surface area (Å²) in [5, 5.41) is 2.56. The van der Waals surface area contributed by atoms with Crippen LogP contribution in [0.4, 0.5) is 0 Å². The first kappa shape index (κ1) is 15.2. The molecule has 0 unspecified atom stereocenters. The third kappa shape index (κ3) is 3.54. The highest BCUT2D eigenvalue weighted by atomic mass is 16.5. The van der Waals surface area contributed by atoms with E-state index in [4.69, 9.17) is 9.47 Å². The van der Waals surface area contributed by atoms with Crippen molar-refractivity contribution < 1.29 is 9.47 Å². The number of fused-ring (bicyclic) bond motifs is 1. The van der Waals surface area contributed by atoms with Gasteiger partial charge in [0, 0.05) is 0 Å². The normalized spacial score (nSPS) is 11.0. The lowest BCUT2D eigenvalue weighted by Gasteiger charge is -2.07. The number of benzene rings is 3. The van der Waals surface area contributed by atoms with Gasteiger partial charge in [-0.05, 0) is 40.5 Å². The van der Waals surface area contributed by atoms with Gasteiger partial charge in [-0.1, -0.05) is 60.7 Å². The zero-order valence-corrected chi connectivity index (χ0v) is 13.5. The summed E-state index contributed by atoms with van der Waals surface area (Å²) in [5.74, 6) is 1.50. The van der Waals surface area contributed by atoms with Crippen LogP contribution in [0.15, 0.2) is 66.7 Å². The smallest absolute Gasteiger partial charge is 0.161 e. The van der Waals surface area contributed by atoms with Crippen molar-refractivity contribution in [3.05, 3.63) is 77.9 Å². The molecule has 116 valence electrons. The third-order valence-electron chi connectivity index (χ3n) is 3.89. The lowest BCUT2D eigenvalue weighted by atomic mass is 10.0. The fraction of sp³-hybridized carbons (Fsp3) is 0.143. The summed E-state index contributed by atoms with van der Waals surface area (Å²) in [4.78, 5) is 0. The standard InChI is InChI=1S/C21H20O2/c1-22-20-13-11-17(15-21(20)23-2)7-5-6-16-10-12-18-8-3-4-9-19(18)14-16/h3-5,7-15H,6H2,1-2H3/b7-5+. The Morgan fingerprint density at radius 2 is 1.57 bits per heavy atom. The maximum atomic E-state index is 5.33. The molecule has 0 radical (unpaired) electrons. The minimum absolute atomic E-state index is 0.749. The van der Waals surface area contributed by atoms with Crippen LogP contribution in [0, 0.1) is 0 Å². The van der Waals surface area contributed by atoms with Crippen molar-refractivity contribution in [3.63, 3.8) is 0 Å². The summed E-state index contributed by atoms with van der Waals surface area (Å²) >= 11 is 0. The first-order valence-corrected chi connectivity index (χ1v) is 7.66. The number of allylic oxidation sites excluding steroid dienone is 1. The highest BCUT2D eigenvalue weighted by molar-refractivity contribution is 5.83. The van der Waals surface area contributed by atoms with Crippen LogP contribution < -0.4 is 9.47 Å². The minimum atomic E-state index is 0.749. The van der Waals surface area contributed by atoms with Gasteiger partial charge < -0.3 is 9.47 Å². The van der Waals surface area contributed by atoms with Gasteiger partial charge in [-0.3, -0.25) is 0 Å². The molecule has 0 aliphatic heterocycles. The fourth-order valence-electron chi connectivity index (χ4n) is 2.65. The van der Waals surface area contributed by atoms with Gasteiger partial charge in [-0.25, -0.2) is 0 Å². The number of rotatable bonds is 5. The van der Waals surface area contributed by atoms with Crippen molar-refractivity contribution in [2.45, 2.75) is 6.42 Å². The minimum Gasteiger partial charge on any atom is -0.493 e. The Hall–Kier alpha value is -2.74. The Balaban J connectivity index is 1.74. The zero-order chi connectivity index (χ0) is 16.1. The molecule has 0 bridgehead atoms. The van der Waals surface area contributed by atoms with Crippen LogP contribution in [0.5, 0.6) is 11.5 Å². The van der Waals surface area contributed by atoms with Gasteiger partial charge in [-0.15, -0.1) is 0 Å². The molecular weight excluding hydrogens is 284 g/mol. The molecular formula is C21H20O2. The van der Waals surface area contributed by atoms with Crippen LogP contribution in [0.1, 0.15) is 11.1 Å². The van der Waals surface area contributed by atoms with Gasteiger partial charge in [0.1, 0.15) is 0 Å². The van der Waals surface area contributed by atoms with Crippen LogP contribution in [-0.2, 0) is 6.42 Å². The topological polar surface area (TPSA) is 18.5 Å². The van der Waals surface area contributed by atoms with E-state index in [0.717, 1.165) is 23.5 Å². The molecule has 0 aromatic heterocycles. The summed E-state index contributed by atoms with van der Waals surface area (Å²) in [7, 11) is 3.30. The van der Waals surface area contributed by atoms with Gasteiger partial charge in [0.05, 0.1) is 14.2 Å². The predicted octanol–water partition coefficient (Wildman–Crippen LogP) is 5.11. The molecule has 3 aromatic carbocycles. The largest absolute Gasteiger partial charge is 0.493 e. The van der Waals surface area contributed by atoms with Gasteiger partial charge in [-0.2, -0.15) is 0 Å². The summed E-state index contributed by atoms with van der Waals surface area (Å²) < 4.78 is 10.6. The number of methoxy groups -OCH3 is 2. The molecule has 0 fully saturated rings. The van der Waals surface area contributed by atoms with Crippen LogP contribution in [0.2, 0.25) is 0 Å². The monoisotopic (exact) mass is 304 g/mol. The maximum Gasteiger partial charge on any atom is 0.161 e. The Morgan fingerprint density at radius 3 is 2.35 bits per heavy atom. The number of hydrogen-bond acceptors (Lipinski definition) is 2. The van der Waals surface area contributed by atoms with Gasteiger partial charge >= 0.3 is 0 Å². The molecule has 2 nitrogen and oxygen atoms in total. The molecule has 0 heterocycles. The second kappa shape index (κ2) is 7.01.